The highest BCUT2D eigenvalue weighted by Crippen LogP contribution is 2.48. The molecule has 0 fully saturated rings. The number of nitrogens with zero attached hydrogens (tertiary/aromatic N) is 2. The summed E-state index contributed by atoms with van der Waals surface area (Å²) in [6.07, 6.45) is 24.4. The number of Topliss-reactive ketones (excluding diaryl/α,β-unsaturated/α-hetero) is 1. The second-order valence-electron chi connectivity index (χ2n) is 13.2. The molecule has 2 heterocycles. The predicted molar refractivity (Wildman–Crippen MR) is 171 cm³/mol. The van der Waals surface area contributed by atoms with Crippen molar-refractivity contribution in [3.05, 3.63) is 89.7 Å². The summed E-state index contributed by atoms with van der Waals surface area (Å²) in [6.45, 7) is 19.9. The molecule has 2 aliphatic heterocycles. The number of carbonyl (C=O) groups is 1. The van der Waals surface area contributed by atoms with Gasteiger partial charge in [-0.05, 0) is 64.3 Å². The van der Waals surface area contributed by atoms with Crippen molar-refractivity contribution in [2.24, 2.45) is 17.3 Å². The molecule has 0 amide bonds. The Kier molecular flexibility index (Phi) is 9.22. The highest BCUT2D eigenvalue weighted by atomic mass is 16.1. The monoisotopic (exact) mass is 539 g/mol. The van der Waals surface area contributed by atoms with Gasteiger partial charge in [-0.15, -0.1) is 0 Å². The molecule has 0 saturated heterocycles. The summed E-state index contributed by atoms with van der Waals surface area (Å²) in [5, 5.41) is 0. The number of likely N-dealkylation sites (N-methyl/N-ethyl adjacent to an activating group) is 1. The van der Waals surface area contributed by atoms with E-state index in [4.69, 9.17) is 0 Å². The molecule has 0 radical (unpaired) electrons. The van der Waals surface area contributed by atoms with Gasteiger partial charge in [0.15, 0.2) is 11.8 Å². The summed E-state index contributed by atoms with van der Waals surface area (Å²) in [6, 6.07) is 7.25. The Labute approximate surface area is 243 Å². The molecule has 2 atom stereocenters. The van der Waals surface area contributed by atoms with Crippen LogP contribution < -0.4 is 4.90 Å². The fourth-order valence-corrected chi connectivity index (χ4v) is 6.88. The van der Waals surface area contributed by atoms with E-state index in [-0.39, 0.29) is 16.7 Å². The summed E-state index contributed by atoms with van der Waals surface area (Å²) < 4.78 is 2.62. The molecular weight excluding hydrogens is 488 g/mol. The predicted octanol–water partition coefficient (Wildman–Crippen LogP) is 8.50. The highest BCUT2D eigenvalue weighted by molar-refractivity contribution is 5.97. The van der Waals surface area contributed by atoms with Crippen LogP contribution in [-0.4, -0.2) is 35.2 Å². The third-order valence-electron chi connectivity index (χ3n) is 9.33. The van der Waals surface area contributed by atoms with Crippen LogP contribution in [0.1, 0.15) is 85.3 Å². The Morgan fingerprint density at radius 1 is 1.02 bits per heavy atom. The number of fused-ring (bicyclic) bond motifs is 2. The molecule has 3 heteroatoms. The molecule has 0 aromatic heterocycles. The van der Waals surface area contributed by atoms with E-state index < -0.39 is 0 Å². The Morgan fingerprint density at radius 2 is 1.77 bits per heavy atom. The summed E-state index contributed by atoms with van der Waals surface area (Å²) in [4.78, 5) is 14.5. The molecule has 1 aliphatic carbocycles. The van der Waals surface area contributed by atoms with E-state index in [9.17, 15) is 4.79 Å². The van der Waals surface area contributed by atoms with Gasteiger partial charge in [0.25, 0.3) is 0 Å². The van der Waals surface area contributed by atoms with Crippen molar-refractivity contribution >= 4 is 17.2 Å². The molecule has 0 N–H and O–H groups in total. The van der Waals surface area contributed by atoms with Crippen LogP contribution in [0.4, 0.5) is 5.69 Å². The standard InChI is InChI=1S/C37H51N2O/c1-9-38-32-24-23-28(4)26-30(32)37(7,8)34(38)21-13-10-14-22-35-36(5,6)29-18-15-16-19-31(29)39(35)25-17-11-12-20-33(40)27(2)3/h10,13-16,18-19,21-24,26-27,29,31H,9,11-12,17,20,25H2,1-8H3/q+1. The average molecular weight is 540 g/mol. The lowest BCUT2D eigenvalue weighted by atomic mass is 9.73. The minimum atomic E-state index is -0.0153. The minimum Gasteiger partial charge on any atom is -0.344 e. The molecule has 1 aromatic rings. The number of unbranched alkanes of at least 4 members (excludes halogenated alkanes) is 2. The Hall–Kier alpha value is -2.94. The molecule has 0 saturated carbocycles. The van der Waals surface area contributed by atoms with Crippen LogP contribution in [0.15, 0.2) is 78.6 Å². The van der Waals surface area contributed by atoms with Crippen LogP contribution in [0.5, 0.6) is 0 Å². The summed E-state index contributed by atoms with van der Waals surface area (Å²) in [7, 11) is 0. The van der Waals surface area contributed by atoms with Crippen LogP contribution in [0.25, 0.3) is 0 Å². The van der Waals surface area contributed by atoms with E-state index in [1.54, 1.807) is 0 Å². The first-order chi connectivity index (χ1) is 19.0. The van der Waals surface area contributed by atoms with E-state index >= 15 is 0 Å². The van der Waals surface area contributed by atoms with E-state index in [0.717, 1.165) is 32.4 Å². The number of hydrogen-bond acceptors (Lipinski definition) is 2. The SMILES string of the molecule is CCN1C(=CC=CC=CC2=[N+](CCCCCC(=O)C(C)C)C3C=CC=CC3C2(C)C)C(C)(C)c2cc(C)ccc21. The highest BCUT2D eigenvalue weighted by Gasteiger charge is 2.52. The Balaban J connectivity index is 1.51. The van der Waals surface area contributed by atoms with Crippen molar-refractivity contribution in [1.82, 2.24) is 0 Å². The topological polar surface area (TPSA) is 23.3 Å². The van der Waals surface area contributed by atoms with Gasteiger partial charge in [0, 0.05) is 48.2 Å². The van der Waals surface area contributed by atoms with Gasteiger partial charge in [-0.2, -0.15) is 0 Å². The Bertz CT molecular complexity index is 1280. The van der Waals surface area contributed by atoms with E-state index in [1.807, 2.05) is 13.8 Å². The lowest BCUT2D eigenvalue weighted by Gasteiger charge is -2.25. The summed E-state index contributed by atoms with van der Waals surface area (Å²) in [5.41, 5.74) is 6.89. The van der Waals surface area contributed by atoms with Crippen molar-refractivity contribution in [2.75, 3.05) is 18.0 Å². The van der Waals surface area contributed by atoms with Gasteiger partial charge >= 0.3 is 0 Å². The number of aryl methyl sites for hydroxylation is 1. The van der Waals surface area contributed by atoms with Crippen molar-refractivity contribution < 1.29 is 9.37 Å². The van der Waals surface area contributed by atoms with Gasteiger partial charge in [-0.3, -0.25) is 4.79 Å². The summed E-state index contributed by atoms with van der Waals surface area (Å²) in [5.74, 6) is 1.02. The minimum absolute atomic E-state index is 0.0153. The number of anilines is 1. The third kappa shape index (κ3) is 5.90. The average Bonchev–Trinajstić information content (AvgIpc) is 3.26. The van der Waals surface area contributed by atoms with Gasteiger partial charge in [0.2, 0.25) is 0 Å². The maximum absolute atomic E-state index is 12.0. The second-order valence-corrected chi connectivity index (χ2v) is 13.2. The lowest BCUT2D eigenvalue weighted by Crippen LogP contribution is -2.30. The number of benzene rings is 1. The summed E-state index contributed by atoms with van der Waals surface area (Å²) >= 11 is 0. The van der Waals surface area contributed by atoms with Crippen molar-refractivity contribution in [2.45, 2.75) is 92.5 Å². The smallest absolute Gasteiger partial charge is 0.183 e. The van der Waals surface area contributed by atoms with Crippen LogP contribution in [-0.2, 0) is 10.2 Å². The zero-order valence-electron chi connectivity index (χ0n) is 26.2. The molecule has 2 unspecified atom stereocenters. The van der Waals surface area contributed by atoms with Gasteiger partial charge in [0.05, 0.1) is 11.3 Å². The molecular formula is C37H51N2O+. The molecule has 3 aliphatic rings. The molecule has 4 rings (SSSR count). The van der Waals surface area contributed by atoms with E-state index in [0.29, 0.717) is 24.2 Å². The maximum atomic E-state index is 12.0. The number of carbonyl (C=O) groups excluding carboxylic acids is 1. The maximum Gasteiger partial charge on any atom is 0.183 e. The Morgan fingerprint density at radius 3 is 2.50 bits per heavy atom. The van der Waals surface area contributed by atoms with Crippen LogP contribution >= 0.6 is 0 Å². The molecule has 3 nitrogen and oxygen atoms in total. The number of hydrogen-bond donors (Lipinski definition) is 0. The number of rotatable bonds is 11. The van der Waals surface area contributed by atoms with Crippen molar-refractivity contribution in [3.63, 3.8) is 0 Å². The van der Waals surface area contributed by atoms with Crippen molar-refractivity contribution in [3.8, 4) is 0 Å². The zero-order chi connectivity index (χ0) is 29.1. The first kappa shape index (κ1) is 30.0. The second kappa shape index (κ2) is 12.3. The molecule has 0 spiro atoms. The lowest BCUT2D eigenvalue weighted by molar-refractivity contribution is -0.550. The van der Waals surface area contributed by atoms with Gasteiger partial charge in [-0.25, -0.2) is 4.58 Å². The quantitative estimate of drug-likeness (QED) is 0.160. The normalized spacial score (nSPS) is 23.8. The van der Waals surface area contributed by atoms with E-state index in [2.05, 4.69) is 124 Å². The van der Waals surface area contributed by atoms with Crippen molar-refractivity contribution in [1.29, 1.82) is 0 Å². The van der Waals surface area contributed by atoms with Crippen LogP contribution in [0.3, 0.4) is 0 Å². The molecule has 0 bridgehead atoms. The molecule has 214 valence electrons. The van der Waals surface area contributed by atoms with Crippen LogP contribution in [0.2, 0.25) is 0 Å². The first-order valence-electron chi connectivity index (χ1n) is 15.5. The number of allylic oxidation sites excluding steroid dienone is 8. The fraction of sp³-hybridized carbons (Fsp3) is 0.514. The van der Waals surface area contributed by atoms with E-state index in [1.165, 1.54) is 28.2 Å². The number of ketones is 1. The largest absolute Gasteiger partial charge is 0.344 e. The zero-order valence-corrected chi connectivity index (χ0v) is 26.2. The van der Waals surface area contributed by atoms with Gasteiger partial charge in [0.1, 0.15) is 12.3 Å². The van der Waals surface area contributed by atoms with Crippen LogP contribution in [0, 0.1) is 24.2 Å². The molecule has 40 heavy (non-hydrogen) atoms. The molecule has 1 aromatic carbocycles. The fourth-order valence-electron chi connectivity index (χ4n) is 6.88. The van der Waals surface area contributed by atoms with Gasteiger partial charge < -0.3 is 4.90 Å². The third-order valence-corrected chi connectivity index (χ3v) is 9.33. The van der Waals surface area contributed by atoms with Gasteiger partial charge in [-0.1, -0.05) is 81.8 Å². The first-order valence-corrected chi connectivity index (χ1v) is 15.5.